The standard InChI is InChI=1S/C34H63N3O2/c1-27(13-20-35-23-18-34(19-24-35)25-37(26-34)30(39)32(5,6)7)12-17-33(8,9)16-10-11-28-14-21-36(22-15-28)29(38)31(2,3)4/h27-28H,10-26H2,1-9H3. The van der Waals surface area contributed by atoms with Crippen molar-refractivity contribution in [3.05, 3.63) is 0 Å². The first-order valence-corrected chi connectivity index (χ1v) is 16.3. The molecule has 0 N–H and O–H groups in total. The maximum absolute atomic E-state index is 12.5. The summed E-state index contributed by atoms with van der Waals surface area (Å²) in [6.45, 7) is 27.1. The maximum atomic E-state index is 12.5. The van der Waals surface area contributed by atoms with Gasteiger partial charge in [-0.2, -0.15) is 0 Å². The number of likely N-dealkylation sites (tertiary alicyclic amines) is 3. The van der Waals surface area contributed by atoms with E-state index in [-0.39, 0.29) is 10.8 Å². The minimum absolute atomic E-state index is 0.250. The van der Waals surface area contributed by atoms with Crippen molar-refractivity contribution in [2.45, 2.75) is 127 Å². The summed E-state index contributed by atoms with van der Waals surface area (Å²) in [5, 5.41) is 0. The molecule has 1 atom stereocenters. The van der Waals surface area contributed by atoms with E-state index in [0.717, 1.165) is 38.0 Å². The molecule has 2 amide bonds. The van der Waals surface area contributed by atoms with Gasteiger partial charge in [0.05, 0.1) is 0 Å². The van der Waals surface area contributed by atoms with Gasteiger partial charge >= 0.3 is 0 Å². The van der Waals surface area contributed by atoms with E-state index in [4.69, 9.17) is 0 Å². The molecule has 3 fully saturated rings. The van der Waals surface area contributed by atoms with E-state index in [1.165, 1.54) is 83.8 Å². The van der Waals surface area contributed by atoms with E-state index in [1.807, 2.05) is 41.5 Å². The van der Waals surface area contributed by atoms with Gasteiger partial charge in [0.25, 0.3) is 0 Å². The lowest BCUT2D eigenvalue weighted by molar-refractivity contribution is -0.155. The molecule has 0 aromatic heterocycles. The predicted octanol–water partition coefficient (Wildman–Crippen LogP) is 7.24. The molecule has 39 heavy (non-hydrogen) atoms. The van der Waals surface area contributed by atoms with Crippen LogP contribution in [0.25, 0.3) is 0 Å². The molecule has 0 aliphatic carbocycles. The Kier molecular flexibility index (Phi) is 10.7. The molecule has 3 saturated heterocycles. The highest BCUT2D eigenvalue weighted by molar-refractivity contribution is 5.82. The predicted molar refractivity (Wildman–Crippen MR) is 164 cm³/mol. The zero-order chi connectivity index (χ0) is 29.1. The number of carbonyl (C=O) groups excluding carboxylic acids is 2. The molecule has 1 spiro atoms. The minimum Gasteiger partial charge on any atom is -0.342 e. The van der Waals surface area contributed by atoms with E-state index >= 15 is 0 Å². The molecule has 3 heterocycles. The summed E-state index contributed by atoms with van der Waals surface area (Å²) < 4.78 is 0. The summed E-state index contributed by atoms with van der Waals surface area (Å²) in [4.78, 5) is 32.0. The lowest BCUT2D eigenvalue weighted by Gasteiger charge is -2.55. The summed E-state index contributed by atoms with van der Waals surface area (Å²) in [5.41, 5.74) is 0.334. The minimum atomic E-state index is -0.252. The molecule has 5 heteroatoms. The van der Waals surface area contributed by atoms with Gasteiger partial charge in [-0.3, -0.25) is 9.59 Å². The largest absolute Gasteiger partial charge is 0.342 e. The third-order valence-electron chi connectivity index (χ3n) is 10.2. The molecule has 0 aromatic rings. The number of hydrogen-bond donors (Lipinski definition) is 0. The third-order valence-corrected chi connectivity index (χ3v) is 10.2. The Morgan fingerprint density at radius 1 is 0.769 bits per heavy atom. The highest BCUT2D eigenvalue weighted by atomic mass is 16.2. The van der Waals surface area contributed by atoms with Crippen LogP contribution in [0.1, 0.15) is 127 Å². The fraction of sp³-hybridized carbons (Fsp3) is 0.941. The Balaban J connectivity index is 1.25. The van der Waals surface area contributed by atoms with Gasteiger partial charge in [-0.15, -0.1) is 0 Å². The SMILES string of the molecule is CC(CCN1CCC2(CC1)CN(C(=O)C(C)(C)C)C2)CCC(C)(C)CCCC1CCN(C(=O)C(C)(C)C)CC1. The number of piperidine rings is 2. The molecule has 0 aromatic carbocycles. The molecule has 0 bridgehead atoms. The van der Waals surface area contributed by atoms with Crippen LogP contribution >= 0.6 is 0 Å². The maximum Gasteiger partial charge on any atom is 0.227 e. The fourth-order valence-electron chi connectivity index (χ4n) is 7.03. The molecule has 3 rings (SSSR count). The Labute approximate surface area is 241 Å². The van der Waals surface area contributed by atoms with Gasteiger partial charge in [0.2, 0.25) is 11.8 Å². The summed E-state index contributed by atoms with van der Waals surface area (Å²) >= 11 is 0. The van der Waals surface area contributed by atoms with Crippen LogP contribution in [0.15, 0.2) is 0 Å². The Morgan fingerprint density at radius 3 is 1.85 bits per heavy atom. The van der Waals surface area contributed by atoms with Crippen LogP contribution in [0.3, 0.4) is 0 Å². The van der Waals surface area contributed by atoms with Crippen LogP contribution in [0.4, 0.5) is 0 Å². The van der Waals surface area contributed by atoms with Gasteiger partial charge in [0, 0.05) is 42.4 Å². The lowest BCUT2D eigenvalue weighted by Crippen LogP contribution is -2.63. The van der Waals surface area contributed by atoms with Crippen LogP contribution in [0, 0.1) is 33.5 Å². The van der Waals surface area contributed by atoms with E-state index in [0.29, 0.717) is 22.6 Å². The number of rotatable bonds is 10. The Morgan fingerprint density at radius 2 is 1.31 bits per heavy atom. The Bertz CT molecular complexity index is 797. The molecule has 0 radical (unpaired) electrons. The average molecular weight is 546 g/mol. The fourth-order valence-corrected chi connectivity index (χ4v) is 7.03. The molecular formula is C34H63N3O2. The van der Waals surface area contributed by atoms with Crippen LogP contribution in [0.2, 0.25) is 0 Å². The zero-order valence-electron chi connectivity index (χ0n) is 27.3. The smallest absolute Gasteiger partial charge is 0.227 e. The first-order valence-electron chi connectivity index (χ1n) is 16.3. The Hall–Kier alpha value is -1.10. The van der Waals surface area contributed by atoms with Crippen molar-refractivity contribution < 1.29 is 9.59 Å². The first-order chi connectivity index (χ1) is 18.0. The topological polar surface area (TPSA) is 43.9 Å². The van der Waals surface area contributed by atoms with Crippen molar-refractivity contribution in [2.24, 2.45) is 33.5 Å². The average Bonchev–Trinajstić information content (AvgIpc) is 2.83. The number of amides is 2. The van der Waals surface area contributed by atoms with Crippen molar-refractivity contribution >= 4 is 11.8 Å². The number of carbonyl (C=O) groups is 2. The van der Waals surface area contributed by atoms with E-state index in [9.17, 15) is 9.59 Å². The van der Waals surface area contributed by atoms with E-state index < -0.39 is 0 Å². The normalized spacial score (nSPS) is 22.2. The van der Waals surface area contributed by atoms with Gasteiger partial charge in [-0.25, -0.2) is 0 Å². The number of nitrogens with zero attached hydrogens (tertiary/aromatic N) is 3. The van der Waals surface area contributed by atoms with Gasteiger partial charge in [-0.1, -0.05) is 81.6 Å². The van der Waals surface area contributed by atoms with Crippen LogP contribution < -0.4 is 0 Å². The second-order valence-corrected chi connectivity index (χ2v) is 16.7. The molecule has 5 nitrogen and oxygen atoms in total. The van der Waals surface area contributed by atoms with Gasteiger partial charge in [-0.05, 0) is 81.8 Å². The quantitative estimate of drug-likeness (QED) is 0.290. The van der Waals surface area contributed by atoms with Gasteiger partial charge < -0.3 is 14.7 Å². The second-order valence-electron chi connectivity index (χ2n) is 16.7. The first kappa shape index (κ1) is 32.4. The zero-order valence-corrected chi connectivity index (χ0v) is 27.3. The van der Waals surface area contributed by atoms with Crippen LogP contribution in [-0.4, -0.2) is 72.3 Å². The van der Waals surface area contributed by atoms with Crippen molar-refractivity contribution in [1.82, 2.24) is 14.7 Å². The van der Waals surface area contributed by atoms with Crippen LogP contribution in [-0.2, 0) is 9.59 Å². The van der Waals surface area contributed by atoms with E-state index in [2.05, 4.69) is 35.5 Å². The van der Waals surface area contributed by atoms with Crippen molar-refractivity contribution in [2.75, 3.05) is 45.8 Å². The molecule has 3 aliphatic heterocycles. The molecular weight excluding hydrogens is 482 g/mol. The molecule has 3 aliphatic rings. The van der Waals surface area contributed by atoms with Crippen molar-refractivity contribution in [3.63, 3.8) is 0 Å². The summed E-state index contributed by atoms with van der Waals surface area (Å²) in [6, 6.07) is 0. The summed E-state index contributed by atoms with van der Waals surface area (Å²) in [5.74, 6) is 2.23. The highest BCUT2D eigenvalue weighted by Gasteiger charge is 2.48. The van der Waals surface area contributed by atoms with E-state index in [1.54, 1.807) is 0 Å². The van der Waals surface area contributed by atoms with Gasteiger partial charge in [0.15, 0.2) is 0 Å². The third kappa shape index (κ3) is 9.47. The molecule has 1 unspecified atom stereocenters. The molecule has 226 valence electrons. The van der Waals surface area contributed by atoms with Gasteiger partial charge in [0.1, 0.15) is 0 Å². The highest BCUT2D eigenvalue weighted by Crippen LogP contribution is 2.42. The molecule has 0 saturated carbocycles. The number of hydrogen-bond acceptors (Lipinski definition) is 3. The second kappa shape index (κ2) is 12.8. The van der Waals surface area contributed by atoms with Crippen molar-refractivity contribution in [3.8, 4) is 0 Å². The summed E-state index contributed by atoms with van der Waals surface area (Å²) in [7, 11) is 0. The van der Waals surface area contributed by atoms with Crippen LogP contribution in [0.5, 0.6) is 0 Å². The summed E-state index contributed by atoms with van der Waals surface area (Å²) in [6.07, 6.45) is 12.8. The lowest BCUT2D eigenvalue weighted by atomic mass is 9.71. The monoisotopic (exact) mass is 545 g/mol. The van der Waals surface area contributed by atoms with Crippen molar-refractivity contribution in [1.29, 1.82) is 0 Å².